The van der Waals surface area contributed by atoms with Crippen LogP contribution in [0.2, 0.25) is 0 Å². The van der Waals surface area contributed by atoms with E-state index in [0.29, 0.717) is 19.1 Å². The van der Waals surface area contributed by atoms with Gasteiger partial charge in [-0.3, -0.25) is 10.1 Å². The summed E-state index contributed by atoms with van der Waals surface area (Å²) in [4.78, 5) is 11.1. The van der Waals surface area contributed by atoms with E-state index in [4.69, 9.17) is 0 Å². The van der Waals surface area contributed by atoms with Crippen molar-refractivity contribution in [2.45, 2.75) is 37.8 Å². The van der Waals surface area contributed by atoms with Crippen LogP contribution in [0.5, 0.6) is 0 Å². The quantitative estimate of drug-likeness (QED) is 0.765. The summed E-state index contributed by atoms with van der Waals surface area (Å²) < 4.78 is 2.18. The highest BCUT2D eigenvalue weighted by Gasteiger charge is 2.27. The topological polar surface area (TPSA) is 71.8 Å². The van der Waals surface area contributed by atoms with Crippen molar-refractivity contribution in [3.63, 3.8) is 0 Å². The number of hydrogen-bond donors (Lipinski definition) is 2. The van der Waals surface area contributed by atoms with Crippen LogP contribution in [0.25, 0.3) is 0 Å². The van der Waals surface area contributed by atoms with Gasteiger partial charge in [0.1, 0.15) is 6.33 Å². The first kappa shape index (κ1) is 10.7. The molecule has 2 heterocycles. The van der Waals surface area contributed by atoms with Crippen LogP contribution in [0.3, 0.4) is 0 Å². The molecule has 0 spiro atoms. The minimum atomic E-state index is 0.0492. The van der Waals surface area contributed by atoms with Gasteiger partial charge < -0.3 is 9.88 Å². The van der Waals surface area contributed by atoms with Crippen LogP contribution < -0.4 is 10.6 Å². The molecule has 17 heavy (non-hydrogen) atoms. The summed E-state index contributed by atoms with van der Waals surface area (Å²) in [5, 5.41) is 14.3. The Labute approximate surface area is 99.8 Å². The number of amides is 1. The molecule has 1 aromatic heterocycles. The first-order valence-electron chi connectivity index (χ1n) is 6.24. The molecule has 1 aliphatic carbocycles. The zero-order valence-electron chi connectivity index (χ0n) is 9.72. The number of carbonyl (C=O) groups is 1. The van der Waals surface area contributed by atoms with E-state index < -0.39 is 0 Å². The van der Waals surface area contributed by atoms with E-state index >= 15 is 0 Å². The molecule has 0 aromatic carbocycles. The summed E-state index contributed by atoms with van der Waals surface area (Å²) in [6.07, 6.45) is 6.83. The van der Waals surface area contributed by atoms with Gasteiger partial charge in [-0.1, -0.05) is 12.8 Å². The summed E-state index contributed by atoms with van der Waals surface area (Å²) >= 11 is 0. The maximum atomic E-state index is 11.1. The van der Waals surface area contributed by atoms with E-state index in [-0.39, 0.29) is 11.9 Å². The molecule has 0 radical (unpaired) electrons. The van der Waals surface area contributed by atoms with E-state index in [0.717, 1.165) is 5.82 Å². The van der Waals surface area contributed by atoms with E-state index in [2.05, 4.69) is 25.4 Å². The number of aromatic nitrogens is 3. The Morgan fingerprint density at radius 1 is 1.35 bits per heavy atom. The van der Waals surface area contributed by atoms with Crippen molar-refractivity contribution in [2.24, 2.45) is 0 Å². The Morgan fingerprint density at radius 2 is 2.18 bits per heavy atom. The van der Waals surface area contributed by atoms with Crippen LogP contribution in [-0.2, 0) is 4.79 Å². The highest BCUT2D eigenvalue weighted by molar-refractivity contribution is 5.78. The average Bonchev–Trinajstić information content (AvgIpc) is 3.00. The molecule has 1 aromatic rings. The lowest BCUT2D eigenvalue weighted by atomic mass is 10.2. The predicted molar refractivity (Wildman–Crippen MR) is 61.3 cm³/mol. The van der Waals surface area contributed by atoms with Gasteiger partial charge in [-0.2, -0.15) is 0 Å². The highest BCUT2D eigenvalue weighted by Crippen LogP contribution is 2.31. The zero-order chi connectivity index (χ0) is 11.7. The van der Waals surface area contributed by atoms with E-state index in [1.807, 2.05) is 6.33 Å². The number of piperazine rings is 1. The fourth-order valence-electron chi connectivity index (χ4n) is 2.71. The number of nitrogens with one attached hydrogen (secondary N) is 2. The molecule has 2 aliphatic rings. The van der Waals surface area contributed by atoms with Gasteiger partial charge in [0.05, 0.1) is 12.6 Å². The molecular weight excluding hydrogens is 218 g/mol. The zero-order valence-corrected chi connectivity index (χ0v) is 9.72. The van der Waals surface area contributed by atoms with E-state index in [1.165, 1.54) is 25.7 Å². The van der Waals surface area contributed by atoms with E-state index in [9.17, 15) is 4.79 Å². The Bertz CT molecular complexity index is 400. The molecule has 92 valence electrons. The van der Waals surface area contributed by atoms with E-state index in [1.54, 1.807) is 0 Å². The second kappa shape index (κ2) is 4.44. The molecule has 6 nitrogen and oxygen atoms in total. The minimum absolute atomic E-state index is 0.0492. The lowest BCUT2D eigenvalue weighted by molar-refractivity contribution is -0.121. The SMILES string of the molecule is O=C1CNC(c2nncn2C2CCCC2)CN1. The largest absolute Gasteiger partial charge is 0.353 e. The lowest BCUT2D eigenvalue weighted by Crippen LogP contribution is -2.47. The van der Waals surface area contributed by atoms with Crippen LogP contribution in [0.4, 0.5) is 0 Å². The summed E-state index contributed by atoms with van der Waals surface area (Å²) in [6.45, 7) is 0.965. The van der Waals surface area contributed by atoms with Gasteiger partial charge in [-0.25, -0.2) is 0 Å². The smallest absolute Gasteiger partial charge is 0.234 e. The molecule has 2 N–H and O–H groups in total. The summed E-state index contributed by atoms with van der Waals surface area (Å²) in [5.41, 5.74) is 0. The van der Waals surface area contributed by atoms with Gasteiger partial charge in [0.25, 0.3) is 0 Å². The monoisotopic (exact) mass is 235 g/mol. The second-order valence-electron chi connectivity index (χ2n) is 4.77. The van der Waals surface area contributed by atoms with Gasteiger partial charge in [0.2, 0.25) is 5.91 Å². The fraction of sp³-hybridized carbons (Fsp3) is 0.727. The van der Waals surface area contributed by atoms with Gasteiger partial charge in [0, 0.05) is 12.6 Å². The van der Waals surface area contributed by atoms with Crippen LogP contribution in [0, 0.1) is 0 Å². The summed E-state index contributed by atoms with van der Waals surface area (Å²) in [5.74, 6) is 1.00. The molecule has 1 atom stereocenters. The molecule has 1 amide bonds. The van der Waals surface area contributed by atoms with Crippen LogP contribution in [0.1, 0.15) is 43.6 Å². The minimum Gasteiger partial charge on any atom is -0.353 e. The van der Waals surface area contributed by atoms with Crippen molar-refractivity contribution in [1.82, 2.24) is 25.4 Å². The molecule has 1 saturated heterocycles. The third-order valence-corrected chi connectivity index (χ3v) is 3.64. The normalized spacial score (nSPS) is 26.1. The lowest BCUT2D eigenvalue weighted by Gasteiger charge is -2.25. The van der Waals surface area contributed by atoms with Crippen molar-refractivity contribution < 1.29 is 4.79 Å². The fourth-order valence-corrected chi connectivity index (χ4v) is 2.71. The average molecular weight is 235 g/mol. The van der Waals surface area contributed by atoms with Crippen molar-refractivity contribution in [1.29, 1.82) is 0 Å². The van der Waals surface area contributed by atoms with Gasteiger partial charge >= 0.3 is 0 Å². The first-order valence-corrected chi connectivity index (χ1v) is 6.24. The number of carbonyl (C=O) groups excluding carboxylic acids is 1. The van der Waals surface area contributed by atoms with Crippen LogP contribution in [-0.4, -0.2) is 33.8 Å². The Kier molecular flexibility index (Phi) is 2.80. The third-order valence-electron chi connectivity index (χ3n) is 3.64. The molecule has 1 unspecified atom stereocenters. The van der Waals surface area contributed by atoms with Crippen molar-refractivity contribution >= 4 is 5.91 Å². The highest BCUT2D eigenvalue weighted by atomic mass is 16.2. The van der Waals surface area contributed by atoms with Gasteiger partial charge in [-0.05, 0) is 12.8 Å². The van der Waals surface area contributed by atoms with Crippen LogP contribution >= 0.6 is 0 Å². The molecule has 1 saturated carbocycles. The molecule has 2 fully saturated rings. The maximum absolute atomic E-state index is 11.1. The van der Waals surface area contributed by atoms with Crippen molar-refractivity contribution in [3.8, 4) is 0 Å². The van der Waals surface area contributed by atoms with Crippen LogP contribution in [0.15, 0.2) is 6.33 Å². The summed E-state index contributed by atoms with van der Waals surface area (Å²) in [7, 11) is 0. The molecule has 0 bridgehead atoms. The molecule has 6 heteroatoms. The Balaban J connectivity index is 1.78. The second-order valence-corrected chi connectivity index (χ2v) is 4.77. The molecule has 1 aliphatic heterocycles. The molecule has 3 rings (SSSR count). The summed E-state index contributed by atoms with van der Waals surface area (Å²) in [6, 6.07) is 0.634. The third kappa shape index (κ3) is 2.04. The first-order chi connectivity index (χ1) is 8.34. The van der Waals surface area contributed by atoms with Gasteiger partial charge in [-0.15, -0.1) is 10.2 Å². The predicted octanol–water partition coefficient (Wildman–Crippen LogP) is 0.154. The number of nitrogens with zero attached hydrogens (tertiary/aromatic N) is 3. The number of rotatable bonds is 2. The maximum Gasteiger partial charge on any atom is 0.234 e. The number of hydrogen-bond acceptors (Lipinski definition) is 4. The standard InChI is InChI=1S/C11H17N5O/c17-10-6-12-9(5-13-10)11-15-14-7-16(11)8-3-1-2-4-8/h7-9,12H,1-6H2,(H,13,17). The Morgan fingerprint density at radius 3 is 2.88 bits per heavy atom. The van der Waals surface area contributed by atoms with Gasteiger partial charge in [0.15, 0.2) is 5.82 Å². The molecular formula is C11H17N5O. The van der Waals surface area contributed by atoms with Crippen molar-refractivity contribution in [3.05, 3.63) is 12.2 Å². The van der Waals surface area contributed by atoms with Crippen molar-refractivity contribution in [2.75, 3.05) is 13.1 Å². The Hall–Kier alpha value is -1.43.